The van der Waals surface area contributed by atoms with Crippen LogP contribution < -0.4 is 15.4 Å². The third-order valence-electron chi connectivity index (χ3n) is 8.75. The molecule has 2 amide bonds. The first-order valence-electron chi connectivity index (χ1n) is 15.6. The zero-order valence-electron chi connectivity index (χ0n) is 26.5. The lowest BCUT2D eigenvalue weighted by atomic mass is 9.80. The van der Waals surface area contributed by atoms with E-state index in [0.717, 1.165) is 38.8 Å². The van der Waals surface area contributed by atoms with Crippen molar-refractivity contribution in [1.82, 2.24) is 24.3 Å². The van der Waals surface area contributed by atoms with Gasteiger partial charge < -0.3 is 30.6 Å². The van der Waals surface area contributed by atoms with Crippen molar-refractivity contribution in [2.75, 3.05) is 17.7 Å². The molecule has 3 aromatic heterocycles. The molecule has 13 heteroatoms. The van der Waals surface area contributed by atoms with Gasteiger partial charge in [0.25, 0.3) is 0 Å². The zero-order chi connectivity index (χ0) is 34.4. The number of methoxy groups -OCH3 is 1. The molecule has 1 aliphatic carbocycles. The highest BCUT2D eigenvalue weighted by atomic mass is 16.6. The molecule has 0 saturated carbocycles. The van der Waals surface area contributed by atoms with E-state index < -0.39 is 17.0 Å². The highest BCUT2D eigenvalue weighted by molar-refractivity contribution is 6.01. The predicted molar refractivity (Wildman–Crippen MR) is 187 cm³/mol. The smallest absolute Gasteiger partial charge is 0.381 e. The van der Waals surface area contributed by atoms with Crippen molar-refractivity contribution >= 4 is 34.1 Å². The van der Waals surface area contributed by atoms with Crippen LogP contribution in [-0.4, -0.2) is 47.5 Å². The molecule has 0 spiro atoms. The van der Waals surface area contributed by atoms with Crippen molar-refractivity contribution in [3.05, 3.63) is 148 Å². The third kappa shape index (κ3) is 5.52. The van der Waals surface area contributed by atoms with Gasteiger partial charge in [0.2, 0.25) is 6.33 Å². The minimum atomic E-state index is -0.634. The zero-order valence-corrected chi connectivity index (χ0v) is 26.5. The van der Waals surface area contributed by atoms with Gasteiger partial charge in [0.15, 0.2) is 5.82 Å². The van der Waals surface area contributed by atoms with Gasteiger partial charge in [-0.1, -0.05) is 48.5 Å². The van der Waals surface area contributed by atoms with Gasteiger partial charge >= 0.3 is 11.8 Å². The Hall–Kier alpha value is -7.02. The number of hydrogen-bond acceptors (Lipinski definition) is 8. The van der Waals surface area contributed by atoms with E-state index in [-0.39, 0.29) is 11.6 Å². The number of nitro groups is 1. The predicted octanol–water partition coefficient (Wildman–Crippen LogP) is 7.09. The number of carbonyl (C=O) groups excluding carboxylic acids is 1. The Morgan fingerprint density at radius 1 is 0.960 bits per heavy atom. The number of carbonyl (C=O) groups is 1. The van der Waals surface area contributed by atoms with Crippen LogP contribution in [0.1, 0.15) is 28.3 Å². The summed E-state index contributed by atoms with van der Waals surface area (Å²) in [5.41, 5.74) is 6.90. The molecular formula is C37H28N8O5. The lowest BCUT2D eigenvalue weighted by Gasteiger charge is -2.31. The summed E-state index contributed by atoms with van der Waals surface area (Å²) >= 11 is 0. The van der Waals surface area contributed by atoms with Gasteiger partial charge in [0.1, 0.15) is 17.7 Å². The van der Waals surface area contributed by atoms with Crippen molar-refractivity contribution in [3.8, 4) is 28.4 Å². The van der Waals surface area contributed by atoms with Gasteiger partial charge in [-0.05, 0) is 75.0 Å². The number of nitrogens with one attached hydrogen (secondary N) is 2. The number of nitrogens with zero attached hydrogens (tertiary/aromatic N) is 6. The van der Waals surface area contributed by atoms with Gasteiger partial charge in [-0.2, -0.15) is 5.10 Å². The number of amides is 2. The number of imidazole rings is 1. The molecule has 1 unspecified atom stereocenters. The number of urea groups is 1. The van der Waals surface area contributed by atoms with Crippen LogP contribution in [0.15, 0.2) is 116 Å². The fourth-order valence-corrected chi connectivity index (χ4v) is 6.49. The Morgan fingerprint density at radius 2 is 1.78 bits per heavy atom. The summed E-state index contributed by atoms with van der Waals surface area (Å²) in [6.45, 7) is 0. The van der Waals surface area contributed by atoms with E-state index in [2.05, 4.69) is 15.6 Å². The standard InChI is InChI=1S/C37H28N8O5/c1-50-28-9-5-8-25(15-28)40-37(47)41-26-11-13-29-31-14-23-10-12-27(46)17-30(23)35(43-20-33(38-21-43)45(48)49)34(31)36(42-32(29)16-26)44-19-24(18-39-44)22-6-3-2-4-7-22/h2-13,15-21,35,46H,14H2,1H3,(H2,40,41,47). The first-order chi connectivity index (χ1) is 24.3. The molecular weight excluding hydrogens is 636 g/mol. The van der Waals surface area contributed by atoms with Crippen LogP contribution >= 0.6 is 0 Å². The van der Waals surface area contributed by atoms with Crippen LogP contribution in [0.5, 0.6) is 11.5 Å². The maximum atomic E-state index is 13.0. The largest absolute Gasteiger partial charge is 0.508 e. The van der Waals surface area contributed by atoms with E-state index in [1.165, 1.54) is 12.5 Å². The summed E-state index contributed by atoms with van der Waals surface area (Å²) in [4.78, 5) is 33.4. The second kappa shape index (κ2) is 12.2. The molecule has 50 heavy (non-hydrogen) atoms. The number of aromatic hydroxyl groups is 1. The van der Waals surface area contributed by atoms with Gasteiger partial charge in [0.05, 0.1) is 24.9 Å². The number of ether oxygens (including phenoxy) is 1. The molecule has 4 aromatic carbocycles. The monoisotopic (exact) mass is 664 g/mol. The first kappa shape index (κ1) is 30.3. The van der Waals surface area contributed by atoms with E-state index in [4.69, 9.17) is 14.8 Å². The highest BCUT2D eigenvalue weighted by Gasteiger charge is 2.34. The van der Waals surface area contributed by atoms with Crippen molar-refractivity contribution in [2.24, 2.45) is 0 Å². The summed E-state index contributed by atoms with van der Waals surface area (Å²) in [6, 6.07) is 26.5. The number of phenols is 1. The SMILES string of the molecule is COc1cccc(NC(=O)Nc2ccc3c4c(c(-n5cc(-c6ccccc6)cn5)nc3c2)C(n2cnc([N+](=O)[O-])c2)c2cc(O)ccc2C4)c1. The van der Waals surface area contributed by atoms with Crippen molar-refractivity contribution in [2.45, 2.75) is 12.5 Å². The highest BCUT2D eigenvalue weighted by Crippen LogP contribution is 2.44. The van der Waals surface area contributed by atoms with Crippen molar-refractivity contribution < 1.29 is 19.6 Å². The second-order valence-corrected chi connectivity index (χ2v) is 11.8. The van der Waals surface area contributed by atoms with Crippen LogP contribution in [0.25, 0.3) is 27.8 Å². The number of phenolic OH excluding ortho intramolecular Hbond substituents is 1. The maximum Gasteiger partial charge on any atom is 0.381 e. The number of aromatic nitrogens is 5. The Balaban J connectivity index is 1.29. The number of rotatable bonds is 7. The van der Waals surface area contributed by atoms with E-state index in [1.54, 1.807) is 71.1 Å². The Bertz CT molecular complexity index is 2440. The summed E-state index contributed by atoms with van der Waals surface area (Å²) in [6.07, 6.45) is 6.94. The summed E-state index contributed by atoms with van der Waals surface area (Å²) < 4.78 is 8.63. The minimum absolute atomic E-state index is 0.0653. The van der Waals surface area contributed by atoms with Crippen molar-refractivity contribution in [1.29, 1.82) is 0 Å². The van der Waals surface area contributed by atoms with Gasteiger partial charge in [-0.15, -0.1) is 0 Å². The number of benzene rings is 4. The molecule has 0 aliphatic heterocycles. The number of pyridine rings is 1. The van der Waals surface area contributed by atoms with Crippen LogP contribution in [0, 0.1) is 10.1 Å². The van der Waals surface area contributed by atoms with E-state index in [0.29, 0.717) is 34.9 Å². The van der Waals surface area contributed by atoms with Crippen LogP contribution in [0.2, 0.25) is 0 Å². The van der Waals surface area contributed by atoms with Crippen molar-refractivity contribution in [3.63, 3.8) is 0 Å². The second-order valence-electron chi connectivity index (χ2n) is 11.8. The molecule has 0 bridgehead atoms. The lowest BCUT2D eigenvalue weighted by molar-refractivity contribution is -0.389. The van der Waals surface area contributed by atoms with Crippen LogP contribution in [0.3, 0.4) is 0 Å². The van der Waals surface area contributed by atoms with E-state index in [9.17, 15) is 20.0 Å². The number of anilines is 2. The molecule has 1 aliphatic rings. The molecule has 8 rings (SSSR count). The molecule has 0 radical (unpaired) electrons. The molecule has 246 valence electrons. The Labute approximate surface area is 284 Å². The summed E-state index contributed by atoms with van der Waals surface area (Å²) in [7, 11) is 1.56. The van der Waals surface area contributed by atoms with E-state index in [1.807, 2.05) is 48.7 Å². The first-order valence-corrected chi connectivity index (χ1v) is 15.6. The quantitative estimate of drug-likeness (QED) is 0.120. The normalized spacial score (nSPS) is 13.3. The Morgan fingerprint density at radius 3 is 2.56 bits per heavy atom. The van der Waals surface area contributed by atoms with Crippen LogP contribution in [0.4, 0.5) is 22.0 Å². The van der Waals surface area contributed by atoms with E-state index >= 15 is 0 Å². The van der Waals surface area contributed by atoms with Gasteiger partial charge in [-0.3, -0.25) is 4.57 Å². The number of fused-ring (bicyclic) bond motifs is 4. The molecule has 3 heterocycles. The minimum Gasteiger partial charge on any atom is -0.508 e. The number of hydrogen-bond donors (Lipinski definition) is 3. The fourth-order valence-electron chi connectivity index (χ4n) is 6.49. The maximum absolute atomic E-state index is 13.0. The molecule has 7 aromatic rings. The average Bonchev–Trinajstić information content (AvgIpc) is 3.82. The topological polar surface area (TPSA) is 162 Å². The molecule has 1 atom stereocenters. The molecule has 3 N–H and O–H groups in total. The van der Waals surface area contributed by atoms with Gasteiger partial charge in [0, 0.05) is 40.2 Å². The van der Waals surface area contributed by atoms with Gasteiger partial charge in [-0.25, -0.2) is 14.5 Å². The molecule has 0 saturated heterocycles. The fraction of sp³-hybridized carbons (Fsp3) is 0.0811. The summed E-state index contributed by atoms with van der Waals surface area (Å²) in [5, 5.41) is 33.6. The third-order valence-corrected chi connectivity index (χ3v) is 8.75. The average molecular weight is 665 g/mol. The van der Waals surface area contributed by atoms with Crippen LogP contribution in [-0.2, 0) is 6.42 Å². The Kier molecular flexibility index (Phi) is 7.41. The molecule has 13 nitrogen and oxygen atoms in total. The lowest BCUT2D eigenvalue weighted by Crippen LogP contribution is -2.23. The summed E-state index contributed by atoms with van der Waals surface area (Å²) in [5.74, 6) is 0.866. The molecule has 0 fully saturated rings.